The molecule has 0 fully saturated rings. The van der Waals surface area contributed by atoms with Crippen LogP contribution in [0.15, 0.2) is 90.0 Å². The van der Waals surface area contributed by atoms with Crippen molar-refractivity contribution in [1.29, 1.82) is 0 Å². The van der Waals surface area contributed by atoms with E-state index in [9.17, 15) is 13.6 Å². The van der Waals surface area contributed by atoms with Gasteiger partial charge in [-0.1, -0.05) is 48.0 Å². The predicted octanol–water partition coefficient (Wildman–Crippen LogP) is 7.07. The molecule has 0 saturated heterocycles. The second-order valence-electron chi connectivity index (χ2n) is 7.66. The highest BCUT2D eigenvalue weighted by molar-refractivity contribution is 7.98. The molecule has 1 aromatic heterocycles. The Labute approximate surface area is 211 Å². The summed E-state index contributed by atoms with van der Waals surface area (Å²) >= 11 is 7.70. The van der Waals surface area contributed by atoms with Crippen molar-refractivity contribution in [3.8, 4) is 5.88 Å². The third-order valence-corrected chi connectivity index (χ3v) is 6.56. The predicted molar refractivity (Wildman–Crippen MR) is 135 cm³/mol. The number of aromatic nitrogens is 1. The number of carbonyl (C=O) groups excluding carboxylic acids is 1. The van der Waals surface area contributed by atoms with E-state index in [1.54, 1.807) is 17.8 Å². The smallest absolute Gasteiger partial charge is 0.228 e. The Morgan fingerprint density at radius 2 is 1.74 bits per heavy atom. The summed E-state index contributed by atoms with van der Waals surface area (Å²) in [7, 11) is 0. The quantitative estimate of drug-likeness (QED) is 0.245. The maximum atomic E-state index is 13.5. The molecule has 0 radical (unpaired) electrons. The van der Waals surface area contributed by atoms with E-state index >= 15 is 0 Å². The van der Waals surface area contributed by atoms with E-state index in [4.69, 9.17) is 16.3 Å². The summed E-state index contributed by atoms with van der Waals surface area (Å²) in [6.07, 6.45) is 1.05. The summed E-state index contributed by atoms with van der Waals surface area (Å²) in [5.74, 6) is -0.155. The lowest BCUT2D eigenvalue weighted by Crippen LogP contribution is -2.15. The molecule has 0 atom stereocenters. The molecular weight excluding hydrogens is 490 g/mol. The van der Waals surface area contributed by atoms with Crippen molar-refractivity contribution in [2.75, 3.05) is 5.32 Å². The van der Waals surface area contributed by atoms with Crippen LogP contribution in [0.3, 0.4) is 0 Å². The number of hydrogen-bond donors (Lipinski definition) is 1. The van der Waals surface area contributed by atoms with Crippen molar-refractivity contribution < 1.29 is 18.3 Å². The zero-order chi connectivity index (χ0) is 24.6. The van der Waals surface area contributed by atoms with Crippen molar-refractivity contribution in [3.05, 3.63) is 118 Å². The molecule has 4 aromatic rings. The van der Waals surface area contributed by atoms with Gasteiger partial charge in [0.05, 0.1) is 12.6 Å². The second kappa shape index (κ2) is 11.8. The van der Waals surface area contributed by atoms with Gasteiger partial charge in [-0.2, -0.15) is 0 Å². The van der Waals surface area contributed by atoms with Gasteiger partial charge in [0.25, 0.3) is 0 Å². The number of nitrogens with zero attached hydrogens (tertiary/aromatic N) is 1. The highest BCUT2D eigenvalue weighted by Gasteiger charge is 2.12. The van der Waals surface area contributed by atoms with E-state index in [1.807, 2.05) is 42.5 Å². The summed E-state index contributed by atoms with van der Waals surface area (Å²) in [6, 6.07) is 22.2. The zero-order valence-electron chi connectivity index (χ0n) is 18.5. The molecular formula is C27H21ClF2N2O2S. The van der Waals surface area contributed by atoms with Crippen LogP contribution in [-0.4, -0.2) is 10.9 Å². The Bertz CT molecular complexity index is 1300. The van der Waals surface area contributed by atoms with Gasteiger partial charge in [0.1, 0.15) is 18.2 Å². The van der Waals surface area contributed by atoms with Gasteiger partial charge in [-0.3, -0.25) is 4.79 Å². The molecule has 0 aliphatic carbocycles. The Balaban J connectivity index is 1.49. The van der Waals surface area contributed by atoms with Gasteiger partial charge in [-0.15, -0.1) is 11.8 Å². The number of ether oxygens (including phenoxy) is 1. The van der Waals surface area contributed by atoms with Crippen LogP contribution in [0.1, 0.15) is 16.7 Å². The van der Waals surface area contributed by atoms with Crippen LogP contribution in [0.4, 0.5) is 14.5 Å². The molecule has 178 valence electrons. The van der Waals surface area contributed by atoms with Crippen molar-refractivity contribution in [3.63, 3.8) is 0 Å². The molecule has 3 aromatic carbocycles. The van der Waals surface area contributed by atoms with E-state index in [0.717, 1.165) is 28.0 Å². The Hall–Kier alpha value is -3.42. The first-order valence-corrected chi connectivity index (χ1v) is 12.1. The summed E-state index contributed by atoms with van der Waals surface area (Å²) in [6.45, 7) is 0.225. The lowest BCUT2D eigenvalue weighted by Gasteiger charge is -2.14. The lowest BCUT2D eigenvalue weighted by molar-refractivity contribution is -0.115. The van der Waals surface area contributed by atoms with Gasteiger partial charge in [0.15, 0.2) is 0 Å². The molecule has 4 rings (SSSR count). The molecule has 0 saturated carbocycles. The minimum Gasteiger partial charge on any atom is -0.473 e. The van der Waals surface area contributed by atoms with Crippen molar-refractivity contribution in [1.82, 2.24) is 4.98 Å². The van der Waals surface area contributed by atoms with Crippen LogP contribution < -0.4 is 10.1 Å². The molecule has 0 aliphatic heterocycles. The molecule has 0 unspecified atom stereocenters. The van der Waals surface area contributed by atoms with Crippen LogP contribution in [0.2, 0.25) is 5.02 Å². The Morgan fingerprint density at radius 1 is 0.943 bits per heavy atom. The number of carbonyl (C=O) groups is 1. The SMILES string of the molecule is O=C(Cc1cc(F)ccc1Cl)Nc1ccc(COc2ccc(F)cn2)c(SCc2ccccc2)c1. The number of pyridine rings is 1. The fraction of sp³-hybridized carbons (Fsp3) is 0.111. The number of hydrogen-bond acceptors (Lipinski definition) is 4. The third kappa shape index (κ3) is 7.28. The number of thioether (sulfide) groups is 1. The first-order valence-electron chi connectivity index (χ1n) is 10.7. The maximum Gasteiger partial charge on any atom is 0.228 e. The Kier molecular flexibility index (Phi) is 8.34. The summed E-state index contributed by atoms with van der Waals surface area (Å²) in [4.78, 5) is 17.4. The third-order valence-electron chi connectivity index (χ3n) is 5.02. The minimum atomic E-state index is -0.447. The summed E-state index contributed by atoms with van der Waals surface area (Å²) < 4.78 is 32.4. The average molecular weight is 511 g/mol. The fourth-order valence-corrected chi connectivity index (χ4v) is 4.50. The molecule has 0 aliphatic rings. The van der Waals surface area contributed by atoms with Gasteiger partial charge in [-0.05, 0) is 47.5 Å². The van der Waals surface area contributed by atoms with Gasteiger partial charge in [0, 0.05) is 33.0 Å². The summed E-state index contributed by atoms with van der Waals surface area (Å²) in [5.41, 5.74) is 3.06. The van der Waals surface area contributed by atoms with Crippen molar-refractivity contribution >= 4 is 35.0 Å². The normalized spacial score (nSPS) is 10.7. The number of halogens is 3. The van der Waals surface area contributed by atoms with E-state index in [2.05, 4.69) is 10.3 Å². The molecule has 0 bridgehead atoms. The van der Waals surface area contributed by atoms with Crippen LogP contribution in [0.25, 0.3) is 0 Å². The van der Waals surface area contributed by atoms with Gasteiger partial charge in [-0.25, -0.2) is 13.8 Å². The standard InChI is InChI=1S/C27H21ClF2N2O2S/c28-24-10-7-21(29)12-20(24)13-26(33)32-23-9-6-19(16-34-27-11-8-22(30)15-31-27)25(14-23)35-17-18-4-2-1-3-5-18/h1-12,14-15H,13,16-17H2,(H,32,33). The van der Waals surface area contributed by atoms with Crippen LogP contribution >= 0.6 is 23.4 Å². The number of benzene rings is 3. The number of anilines is 1. The van der Waals surface area contributed by atoms with Gasteiger partial charge >= 0.3 is 0 Å². The van der Waals surface area contributed by atoms with E-state index in [-0.39, 0.29) is 18.9 Å². The number of amides is 1. The van der Waals surface area contributed by atoms with Gasteiger partial charge in [0.2, 0.25) is 11.8 Å². The van der Waals surface area contributed by atoms with E-state index < -0.39 is 11.6 Å². The Morgan fingerprint density at radius 3 is 2.51 bits per heavy atom. The van der Waals surface area contributed by atoms with Gasteiger partial charge < -0.3 is 10.1 Å². The number of rotatable bonds is 9. The van der Waals surface area contributed by atoms with Crippen LogP contribution in [-0.2, 0) is 23.6 Å². The van der Waals surface area contributed by atoms with E-state index in [0.29, 0.717) is 22.2 Å². The van der Waals surface area contributed by atoms with E-state index in [1.165, 1.54) is 30.3 Å². The average Bonchev–Trinajstić information content (AvgIpc) is 2.86. The monoisotopic (exact) mass is 510 g/mol. The maximum absolute atomic E-state index is 13.5. The molecule has 0 spiro atoms. The first-order chi connectivity index (χ1) is 17.0. The van der Waals surface area contributed by atoms with Crippen LogP contribution in [0.5, 0.6) is 5.88 Å². The largest absolute Gasteiger partial charge is 0.473 e. The zero-order valence-corrected chi connectivity index (χ0v) is 20.1. The highest BCUT2D eigenvalue weighted by atomic mass is 35.5. The highest BCUT2D eigenvalue weighted by Crippen LogP contribution is 2.30. The minimum absolute atomic E-state index is 0.0514. The molecule has 8 heteroatoms. The molecule has 1 amide bonds. The summed E-state index contributed by atoms with van der Waals surface area (Å²) in [5, 5.41) is 3.19. The molecule has 4 nitrogen and oxygen atoms in total. The van der Waals surface area contributed by atoms with Crippen molar-refractivity contribution in [2.24, 2.45) is 0 Å². The molecule has 1 N–H and O–H groups in total. The number of nitrogens with one attached hydrogen (secondary N) is 1. The molecule has 35 heavy (non-hydrogen) atoms. The topological polar surface area (TPSA) is 51.2 Å². The molecule has 1 heterocycles. The fourth-order valence-electron chi connectivity index (χ4n) is 3.28. The van der Waals surface area contributed by atoms with Crippen LogP contribution in [0, 0.1) is 11.6 Å². The lowest BCUT2D eigenvalue weighted by atomic mass is 10.1. The van der Waals surface area contributed by atoms with Crippen molar-refractivity contribution in [2.45, 2.75) is 23.7 Å². The first kappa shape index (κ1) is 24.7. The second-order valence-corrected chi connectivity index (χ2v) is 9.09.